The molecule has 1 aromatic rings. The van der Waals surface area contributed by atoms with Crippen LogP contribution in [0.3, 0.4) is 0 Å². The smallest absolute Gasteiger partial charge is 0.471 e. The SMILES string of the molecule is CC(C)(C)[S+]([O-])N[C@@](C)(CC(O)CO)c1cc(NC(=O)C(F)(F)F)ccc1F. The molecule has 3 atom stereocenters. The molecule has 0 aliphatic rings. The Morgan fingerprint density at radius 2 is 1.82 bits per heavy atom. The van der Waals surface area contributed by atoms with E-state index in [4.69, 9.17) is 5.11 Å². The number of anilines is 1. The Balaban J connectivity index is 3.35. The normalized spacial score (nSPS) is 17.0. The molecule has 11 heteroatoms. The Morgan fingerprint density at radius 1 is 1.25 bits per heavy atom. The second-order valence-corrected chi connectivity index (χ2v) is 9.47. The molecular formula is C17H24F4N2O4S. The molecule has 160 valence electrons. The Kier molecular flexibility index (Phi) is 7.88. The van der Waals surface area contributed by atoms with Gasteiger partial charge in [0.25, 0.3) is 0 Å². The number of carbonyl (C=O) groups excluding carboxylic acids is 1. The summed E-state index contributed by atoms with van der Waals surface area (Å²) in [5.41, 5.74) is -2.08. The Morgan fingerprint density at radius 3 is 2.29 bits per heavy atom. The quantitative estimate of drug-likeness (QED) is 0.394. The first-order valence-corrected chi connectivity index (χ1v) is 9.42. The van der Waals surface area contributed by atoms with Crippen molar-refractivity contribution < 1.29 is 37.1 Å². The largest absolute Gasteiger partial charge is 0.598 e. The van der Waals surface area contributed by atoms with Gasteiger partial charge in [-0.2, -0.15) is 13.2 Å². The van der Waals surface area contributed by atoms with Gasteiger partial charge in [-0.05, 0) is 45.9 Å². The van der Waals surface area contributed by atoms with Crippen molar-refractivity contribution in [2.45, 2.75) is 56.7 Å². The molecule has 6 nitrogen and oxygen atoms in total. The minimum atomic E-state index is -5.13. The maximum atomic E-state index is 14.5. The summed E-state index contributed by atoms with van der Waals surface area (Å²) in [5, 5.41) is 20.6. The second-order valence-electron chi connectivity index (χ2n) is 7.50. The van der Waals surface area contributed by atoms with E-state index < -0.39 is 52.3 Å². The van der Waals surface area contributed by atoms with Crippen LogP contribution >= 0.6 is 0 Å². The number of aliphatic hydroxyl groups is 2. The molecule has 0 aliphatic heterocycles. The van der Waals surface area contributed by atoms with Gasteiger partial charge < -0.3 is 20.1 Å². The van der Waals surface area contributed by atoms with E-state index in [1.54, 1.807) is 26.1 Å². The molecule has 1 aromatic carbocycles. The molecule has 1 amide bonds. The van der Waals surface area contributed by atoms with Gasteiger partial charge in [0.05, 0.1) is 18.2 Å². The summed E-state index contributed by atoms with van der Waals surface area (Å²) in [4.78, 5) is 11.1. The number of nitrogens with one attached hydrogen (secondary N) is 2. The van der Waals surface area contributed by atoms with Crippen molar-refractivity contribution in [3.63, 3.8) is 0 Å². The number of carbonyl (C=O) groups is 1. The van der Waals surface area contributed by atoms with Gasteiger partial charge in [0.1, 0.15) is 10.6 Å². The maximum Gasteiger partial charge on any atom is 0.471 e. The van der Waals surface area contributed by atoms with Gasteiger partial charge >= 0.3 is 12.1 Å². The van der Waals surface area contributed by atoms with Crippen molar-refractivity contribution in [2.24, 2.45) is 0 Å². The van der Waals surface area contributed by atoms with Crippen LogP contribution < -0.4 is 10.0 Å². The standard InChI is InChI=1S/C17H24F4N2O4S/c1-15(2,3)28(27)23-16(4,8-11(25)9-24)12-7-10(5-6-13(12)18)22-14(26)17(19,20)21/h5-7,11,23-25H,8-9H2,1-4H3,(H,22,26)/t11?,16-,28?/m0/s1. The number of rotatable bonds is 7. The zero-order valence-corrected chi connectivity index (χ0v) is 16.7. The molecule has 0 heterocycles. The van der Waals surface area contributed by atoms with Crippen LogP contribution in [0.4, 0.5) is 23.2 Å². The van der Waals surface area contributed by atoms with Gasteiger partial charge in [0.2, 0.25) is 0 Å². The topological polar surface area (TPSA) is 105 Å². The van der Waals surface area contributed by atoms with Gasteiger partial charge in [-0.15, -0.1) is 4.72 Å². The molecular weight excluding hydrogens is 404 g/mol. The summed E-state index contributed by atoms with van der Waals surface area (Å²) in [6.45, 7) is 5.68. The molecule has 2 unspecified atom stereocenters. The lowest BCUT2D eigenvalue weighted by atomic mass is 9.86. The molecule has 28 heavy (non-hydrogen) atoms. The van der Waals surface area contributed by atoms with E-state index >= 15 is 0 Å². The van der Waals surface area contributed by atoms with Crippen molar-refractivity contribution in [1.29, 1.82) is 0 Å². The Labute approximate surface area is 163 Å². The van der Waals surface area contributed by atoms with Crippen LogP contribution in [0.5, 0.6) is 0 Å². The number of hydrogen-bond acceptors (Lipinski definition) is 5. The Hall–Kier alpha value is -1.40. The lowest BCUT2D eigenvalue weighted by Crippen LogP contribution is -2.51. The van der Waals surface area contributed by atoms with Gasteiger partial charge in [0, 0.05) is 29.0 Å². The zero-order valence-electron chi connectivity index (χ0n) is 15.9. The second kappa shape index (κ2) is 8.95. The third-order valence-electron chi connectivity index (χ3n) is 3.80. The van der Waals surface area contributed by atoms with E-state index in [9.17, 15) is 32.0 Å². The van der Waals surface area contributed by atoms with Crippen LogP contribution in [0.2, 0.25) is 0 Å². The summed E-state index contributed by atoms with van der Waals surface area (Å²) in [6, 6.07) is 2.77. The minimum absolute atomic E-state index is 0.224. The summed E-state index contributed by atoms with van der Waals surface area (Å²) < 4.78 is 66.4. The number of hydrogen-bond donors (Lipinski definition) is 4. The van der Waals surface area contributed by atoms with Crippen LogP contribution in [0, 0.1) is 5.82 Å². The highest BCUT2D eigenvalue weighted by molar-refractivity contribution is 7.90. The van der Waals surface area contributed by atoms with E-state index in [2.05, 4.69) is 4.72 Å². The first kappa shape index (κ1) is 24.6. The van der Waals surface area contributed by atoms with E-state index in [-0.39, 0.29) is 17.7 Å². The van der Waals surface area contributed by atoms with E-state index in [1.165, 1.54) is 6.92 Å². The molecule has 0 radical (unpaired) electrons. The maximum absolute atomic E-state index is 14.5. The molecule has 0 fully saturated rings. The van der Waals surface area contributed by atoms with Crippen molar-refractivity contribution >= 4 is 23.0 Å². The molecule has 0 saturated heterocycles. The first-order chi connectivity index (χ1) is 12.6. The van der Waals surface area contributed by atoms with Crippen LogP contribution in [-0.4, -0.2) is 44.3 Å². The fourth-order valence-electron chi connectivity index (χ4n) is 2.33. The van der Waals surface area contributed by atoms with Crippen LogP contribution in [0.1, 0.15) is 39.7 Å². The predicted molar refractivity (Wildman–Crippen MR) is 97.2 cm³/mol. The molecule has 4 N–H and O–H groups in total. The highest BCUT2D eigenvalue weighted by atomic mass is 32.2. The summed E-state index contributed by atoms with van der Waals surface area (Å²) in [7, 11) is 0. The van der Waals surface area contributed by atoms with Crippen molar-refractivity contribution in [2.75, 3.05) is 11.9 Å². The summed E-state index contributed by atoms with van der Waals surface area (Å²) >= 11 is -1.74. The van der Waals surface area contributed by atoms with Crippen molar-refractivity contribution in [3.05, 3.63) is 29.6 Å². The number of alkyl halides is 3. The lowest BCUT2D eigenvalue weighted by molar-refractivity contribution is -0.167. The van der Waals surface area contributed by atoms with Crippen molar-refractivity contribution in [3.8, 4) is 0 Å². The third kappa shape index (κ3) is 6.59. The monoisotopic (exact) mass is 428 g/mol. The van der Waals surface area contributed by atoms with E-state index in [0.717, 1.165) is 18.2 Å². The highest BCUT2D eigenvalue weighted by Gasteiger charge is 2.41. The van der Waals surface area contributed by atoms with Crippen molar-refractivity contribution in [1.82, 2.24) is 4.72 Å². The average Bonchev–Trinajstić information content (AvgIpc) is 2.54. The minimum Gasteiger partial charge on any atom is -0.598 e. The fourth-order valence-corrected chi connectivity index (χ4v) is 3.24. The molecule has 0 aliphatic carbocycles. The molecule has 1 rings (SSSR count). The Bertz CT molecular complexity index is 697. The zero-order chi connectivity index (χ0) is 21.9. The number of amides is 1. The third-order valence-corrected chi connectivity index (χ3v) is 5.55. The molecule has 0 bridgehead atoms. The predicted octanol–water partition coefficient (Wildman–Crippen LogP) is 2.34. The molecule has 0 saturated carbocycles. The lowest BCUT2D eigenvalue weighted by Gasteiger charge is -2.36. The molecule has 0 aromatic heterocycles. The number of aliphatic hydroxyl groups excluding tert-OH is 2. The van der Waals surface area contributed by atoms with Gasteiger partial charge in [-0.1, -0.05) is 0 Å². The fraction of sp³-hybridized carbons (Fsp3) is 0.588. The van der Waals surface area contributed by atoms with E-state index in [0.29, 0.717) is 0 Å². The van der Waals surface area contributed by atoms with Gasteiger partial charge in [0.15, 0.2) is 0 Å². The number of benzene rings is 1. The summed E-state index contributed by atoms with van der Waals surface area (Å²) in [6.07, 6.45) is -6.74. The van der Waals surface area contributed by atoms with Crippen LogP contribution in [0.15, 0.2) is 18.2 Å². The van der Waals surface area contributed by atoms with Crippen LogP contribution in [0.25, 0.3) is 0 Å². The summed E-state index contributed by atoms with van der Waals surface area (Å²) in [5.74, 6) is -3.08. The highest BCUT2D eigenvalue weighted by Crippen LogP contribution is 2.33. The molecule has 0 spiro atoms. The average molecular weight is 428 g/mol. The first-order valence-electron chi connectivity index (χ1n) is 8.27. The van der Waals surface area contributed by atoms with Crippen LogP contribution in [-0.2, 0) is 21.7 Å². The van der Waals surface area contributed by atoms with Gasteiger partial charge in [-0.3, -0.25) is 4.79 Å². The number of halogens is 4. The van der Waals surface area contributed by atoms with E-state index in [1.807, 2.05) is 0 Å². The van der Waals surface area contributed by atoms with Gasteiger partial charge in [-0.25, -0.2) is 4.39 Å².